The number of hydrogen-bond donors (Lipinski definition) is 1. The fourth-order valence-corrected chi connectivity index (χ4v) is 3.23. The van der Waals surface area contributed by atoms with Gasteiger partial charge in [0.05, 0.1) is 6.04 Å². The number of rotatable bonds is 3. The van der Waals surface area contributed by atoms with Gasteiger partial charge in [0.15, 0.2) is 0 Å². The van der Waals surface area contributed by atoms with Gasteiger partial charge in [-0.05, 0) is 24.1 Å². The van der Waals surface area contributed by atoms with Crippen LogP contribution in [0.25, 0.3) is 0 Å². The van der Waals surface area contributed by atoms with E-state index in [1.54, 1.807) is 29.2 Å². The Labute approximate surface area is 129 Å². The average Bonchev–Trinajstić information content (AvgIpc) is 2.55. The largest absolute Gasteiger partial charge is 0.481 e. The van der Waals surface area contributed by atoms with Crippen molar-refractivity contribution in [3.05, 3.63) is 71.3 Å². The molecule has 4 nitrogen and oxygen atoms in total. The number of aliphatic carboxylic acids is 1. The lowest BCUT2D eigenvalue weighted by atomic mass is 9.80. The maximum absolute atomic E-state index is 12.7. The summed E-state index contributed by atoms with van der Waals surface area (Å²) in [6.45, 7) is 2.34. The molecule has 22 heavy (non-hydrogen) atoms. The minimum atomic E-state index is -0.910. The maximum Gasteiger partial charge on any atom is 0.313 e. The minimum Gasteiger partial charge on any atom is -0.481 e. The van der Waals surface area contributed by atoms with E-state index in [4.69, 9.17) is 0 Å². The van der Waals surface area contributed by atoms with Crippen LogP contribution in [-0.2, 0) is 4.79 Å². The van der Waals surface area contributed by atoms with Crippen LogP contribution in [0.15, 0.2) is 54.6 Å². The van der Waals surface area contributed by atoms with Crippen molar-refractivity contribution in [3.8, 4) is 0 Å². The van der Waals surface area contributed by atoms with Gasteiger partial charge in [-0.25, -0.2) is 0 Å². The minimum absolute atomic E-state index is 0.107. The van der Waals surface area contributed by atoms with Gasteiger partial charge in [-0.15, -0.1) is 0 Å². The standard InChI is InChI=1S/C18H17NO3/c1-2-19-16(12-8-4-3-5-9-12)15(18(21)22)13-10-6-7-11-14(13)17(19)20/h3-11,15-16H,2H2,1H3,(H,21,22)/t15-,16+/m1/s1. The highest BCUT2D eigenvalue weighted by Gasteiger charge is 2.43. The molecule has 1 N–H and O–H groups in total. The van der Waals surface area contributed by atoms with Crippen LogP contribution in [0.5, 0.6) is 0 Å². The second-order valence-electron chi connectivity index (χ2n) is 5.35. The Kier molecular flexibility index (Phi) is 3.67. The molecule has 0 spiro atoms. The topological polar surface area (TPSA) is 57.6 Å². The predicted octanol–water partition coefficient (Wildman–Crippen LogP) is 3.07. The molecule has 0 radical (unpaired) electrons. The number of benzene rings is 2. The molecule has 2 atom stereocenters. The van der Waals surface area contributed by atoms with Gasteiger partial charge in [-0.3, -0.25) is 9.59 Å². The molecule has 0 unspecified atom stereocenters. The first-order valence-electron chi connectivity index (χ1n) is 7.32. The third-order valence-corrected chi connectivity index (χ3v) is 4.19. The van der Waals surface area contributed by atoms with E-state index in [-0.39, 0.29) is 5.91 Å². The van der Waals surface area contributed by atoms with Crippen molar-refractivity contribution < 1.29 is 14.7 Å². The van der Waals surface area contributed by atoms with E-state index in [9.17, 15) is 14.7 Å². The number of carboxylic acid groups (broad SMARTS) is 1. The molecular formula is C18H17NO3. The van der Waals surface area contributed by atoms with Crippen LogP contribution in [0.4, 0.5) is 0 Å². The van der Waals surface area contributed by atoms with Crippen molar-refractivity contribution >= 4 is 11.9 Å². The van der Waals surface area contributed by atoms with E-state index in [0.29, 0.717) is 17.7 Å². The number of carboxylic acids is 1. The number of nitrogens with zero attached hydrogens (tertiary/aromatic N) is 1. The highest BCUT2D eigenvalue weighted by Crippen LogP contribution is 2.42. The summed E-state index contributed by atoms with van der Waals surface area (Å²) in [5.74, 6) is -1.77. The zero-order valence-corrected chi connectivity index (χ0v) is 12.3. The quantitative estimate of drug-likeness (QED) is 0.946. The summed E-state index contributed by atoms with van der Waals surface area (Å²) in [5, 5.41) is 9.78. The van der Waals surface area contributed by atoms with Crippen LogP contribution in [-0.4, -0.2) is 28.4 Å². The van der Waals surface area contributed by atoms with Gasteiger partial charge in [-0.1, -0.05) is 48.5 Å². The summed E-state index contributed by atoms with van der Waals surface area (Å²) < 4.78 is 0. The second-order valence-corrected chi connectivity index (χ2v) is 5.35. The van der Waals surface area contributed by atoms with Crippen LogP contribution < -0.4 is 0 Å². The van der Waals surface area contributed by atoms with E-state index < -0.39 is 17.9 Å². The first-order valence-corrected chi connectivity index (χ1v) is 7.32. The lowest BCUT2D eigenvalue weighted by Gasteiger charge is -2.40. The third kappa shape index (κ3) is 2.17. The van der Waals surface area contributed by atoms with Gasteiger partial charge >= 0.3 is 5.97 Å². The molecule has 3 rings (SSSR count). The second kappa shape index (κ2) is 5.64. The predicted molar refractivity (Wildman–Crippen MR) is 82.7 cm³/mol. The van der Waals surface area contributed by atoms with Gasteiger partial charge in [0.2, 0.25) is 0 Å². The zero-order chi connectivity index (χ0) is 15.7. The van der Waals surface area contributed by atoms with Crippen LogP contribution in [0.1, 0.15) is 40.4 Å². The highest BCUT2D eigenvalue weighted by atomic mass is 16.4. The molecule has 1 aliphatic rings. The lowest BCUT2D eigenvalue weighted by Crippen LogP contribution is -2.44. The number of carbonyl (C=O) groups is 2. The normalized spacial score (nSPS) is 20.6. The summed E-state index contributed by atoms with van der Waals surface area (Å²) in [5.41, 5.74) is 1.93. The lowest BCUT2D eigenvalue weighted by molar-refractivity contribution is -0.140. The van der Waals surface area contributed by atoms with Crippen molar-refractivity contribution in [1.29, 1.82) is 0 Å². The number of hydrogen-bond acceptors (Lipinski definition) is 2. The third-order valence-electron chi connectivity index (χ3n) is 4.19. The molecule has 0 fully saturated rings. The Bertz CT molecular complexity index is 711. The van der Waals surface area contributed by atoms with Crippen LogP contribution in [0.2, 0.25) is 0 Å². The molecule has 2 aromatic rings. The first-order chi connectivity index (χ1) is 10.6. The summed E-state index contributed by atoms with van der Waals surface area (Å²) in [6, 6.07) is 15.9. The summed E-state index contributed by atoms with van der Waals surface area (Å²) >= 11 is 0. The molecule has 2 aromatic carbocycles. The molecule has 0 saturated carbocycles. The Balaban J connectivity index is 2.22. The van der Waals surface area contributed by atoms with Gasteiger partial charge in [0, 0.05) is 12.1 Å². The molecule has 4 heteroatoms. The average molecular weight is 295 g/mol. The van der Waals surface area contributed by atoms with E-state index in [0.717, 1.165) is 5.56 Å². The SMILES string of the molecule is CCN1C(=O)c2ccccc2[C@@H](C(=O)O)[C@@H]1c1ccccc1. The molecular weight excluding hydrogens is 278 g/mol. The van der Waals surface area contributed by atoms with Crippen molar-refractivity contribution in [1.82, 2.24) is 4.90 Å². The van der Waals surface area contributed by atoms with Crippen molar-refractivity contribution in [3.63, 3.8) is 0 Å². The van der Waals surface area contributed by atoms with Gasteiger partial charge in [0.1, 0.15) is 5.92 Å². The first kappa shape index (κ1) is 14.3. The maximum atomic E-state index is 12.7. The fraction of sp³-hybridized carbons (Fsp3) is 0.222. The summed E-state index contributed by atoms with van der Waals surface area (Å²) in [7, 11) is 0. The van der Waals surface area contributed by atoms with Crippen LogP contribution in [0, 0.1) is 0 Å². The fourth-order valence-electron chi connectivity index (χ4n) is 3.23. The van der Waals surface area contributed by atoms with Crippen LogP contribution >= 0.6 is 0 Å². The monoisotopic (exact) mass is 295 g/mol. The van der Waals surface area contributed by atoms with E-state index in [2.05, 4.69) is 0 Å². The summed E-state index contributed by atoms with van der Waals surface area (Å²) in [4.78, 5) is 26.3. The summed E-state index contributed by atoms with van der Waals surface area (Å²) in [6.07, 6.45) is 0. The van der Waals surface area contributed by atoms with Gasteiger partial charge < -0.3 is 10.0 Å². The molecule has 0 aliphatic carbocycles. The van der Waals surface area contributed by atoms with Crippen LogP contribution in [0.3, 0.4) is 0 Å². The Hall–Kier alpha value is -2.62. The molecule has 1 heterocycles. The number of amides is 1. The molecule has 0 aromatic heterocycles. The molecule has 112 valence electrons. The van der Waals surface area contributed by atoms with Gasteiger partial charge in [0.25, 0.3) is 5.91 Å². The van der Waals surface area contributed by atoms with Crippen molar-refractivity contribution in [2.45, 2.75) is 18.9 Å². The van der Waals surface area contributed by atoms with Crippen molar-refractivity contribution in [2.75, 3.05) is 6.54 Å². The van der Waals surface area contributed by atoms with E-state index in [1.165, 1.54) is 0 Å². The Morgan fingerprint density at radius 1 is 1.09 bits per heavy atom. The van der Waals surface area contributed by atoms with E-state index in [1.807, 2.05) is 37.3 Å². The Morgan fingerprint density at radius 2 is 1.73 bits per heavy atom. The Morgan fingerprint density at radius 3 is 2.36 bits per heavy atom. The molecule has 1 amide bonds. The molecule has 0 saturated heterocycles. The number of carbonyl (C=O) groups excluding carboxylic acids is 1. The molecule has 1 aliphatic heterocycles. The van der Waals surface area contributed by atoms with Gasteiger partial charge in [-0.2, -0.15) is 0 Å². The highest BCUT2D eigenvalue weighted by molar-refractivity contribution is 6.00. The smallest absolute Gasteiger partial charge is 0.313 e. The number of likely N-dealkylation sites (N-methyl/N-ethyl adjacent to an activating group) is 1. The molecule has 0 bridgehead atoms. The zero-order valence-electron chi connectivity index (χ0n) is 12.3. The van der Waals surface area contributed by atoms with Crippen molar-refractivity contribution in [2.24, 2.45) is 0 Å². The number of fused-ring (bicyclic) bond motifs is 1. The van der Waals surface area contributed by atoms with E-state index >= 15 is 0 Å².